The molecule has 2 N–H and O–H groups in total. The van der Waals surface area contributed by atoms with Crippen molar-refractivity contribution in [3.63, 3.8) is 0 Å². The van der Waals surface area contributed by atoms with Gasteiger partial charge in [0.1, 0.15) is 11.5 Å². The van der Waals surface area contributed by atoms with Gasteiger partial charge in [-0.1, -0.05) is 6.42 Å². The van der Waals surface area contributed by atoms with Crippen LogP contribution in [0.2, 0.25) is 0 Å². The maximum absolute atomic E-state index is 12.1. The minimum Gasteiger partial charge on any atom is -0.340 e. The highest BCUT2D eigenvalue weighted by Gasteiger charge is 2.24. The van der Waals surface area contributed by atoms with E-state index in [4.69, 9.17) is 5.26 Å². The number of aryl methyl sites for hydroxylation is 1. The molecule has 1 aromatic carbocycles. The van der Waals surface area contributed by atoms with Gasteiger partial charge in [-0.15, -0.1) is 0 Å². The SMILES string of the molecule is Cc1cc(C#N)cc(Nc2cc(=O)[nH]c3c(C4CCC4)cnn23)c1. The zero-order valence-electron chi connectivity index (χ0n) is 13.3. The van der Waals surface area contributed by atoms with E-state index in [9.17, 15) is 4.79 Å². The first-order chi connectivity index (χ1) is 11.6. The fourth-order valence-corrected chi connectivity index (χ4v) is 3.18. The van der Waals surface area contributed by atoms with Gasteiger partial charge in [-0.05, 0) is 49.4 Å². The Morgan fingerprint density at radius 3 is 2.88 bits per heavy atom. The van der Waals surface area contributed by atoms with Crippen LogP contribution in [0.25, 0.3) is 5.65 Å². The molecule has 0 radical (unpaired) electrons. The molecule has 3 aromatic rings. The molecule has 24 heavy (non-hydrogen) atoms. The maximum Gasteiger partial charge on any atom is 0.253 e. The van der Waals surface area contributed by atoms with E-state index < -0.39 is 0 Å². The summed E-state index contributed by atoms with van der Waals surface area (Å²) in [6, 6.07) is 9.15. The second-order valence-corrected chi connectivity index (χ2v) is 6.33. The van der Waals surface area contributed by atoms with Gasteiger partial charge in [0.2, 0.25) is 0 Å². The number of rotatable bonds is 3. The lowest BCUT2D eigenvalue weighted by atomic mass is 9.81. The quantitative estimate of drug-likeness (QED) is 0.776. The zero-order valence-corrected chi connectivity index (χ0v) is 13.3. The molecule has 1 aliphatic carbocycles. The number of hydrogen-bond acceptors (Lipinski definition) is 4. The van der Waals surface area contributed by atoms with Crippen LogP contribution in [0.3, 0.4) is 0 Å². The van der Waals surface area contributed by atoms with Crippen molar-refractivity contribution in [2.75, 3.05) is 5.32 Å². The molecular formula is C18H17N5O. The smallest absolute Gasteiger partial charge is 0.253 e. The van der Waals surface area contributed by atoms with E-state index in [1.807, 2.05) is 25.3 Å². The van der Waals surface area contributed by atoms with Crippen LogP contribution in [0.1, 0.15) is 41.9 Å². The van der Waals surface area contributed by atoms with Crippen LogP contribution in [0.4, 0.5) is 11.5 Å². The van der Waals surface area contributed by atoms with Gasteiger partial charge in [-0.3, -0.25) is 4.79 Å². The molecular weight excluding hydrogens is 302 g/mol. The Morgan fingerprint density at radius 2 is 2.17 bits per heavy atom. The molecule has 0 amide bonds. The summed E-state index contributed by atoms with van der Waals surface area (Å²) >= 11 is 0. The minimum atomic E-state index is -0.167. The standard InChI is InChI=1S/C18H17N5O/c1-11-5-12(9-19)7-14(6-11)21-16-8-17(24)22-18-15(10-20-23(16)18)13-3-2-4-13/h5-8,10,13,21H,2-4H2,1H3,(H,22,24). The van der Waals surface area contributed by atoms with Crippen LogP contribution in [0.5, 0.6) is 0 Å². The van der Waals surface area contributed by atoms with Crippen LogP contribution in [0, 0.1) is 18.3 Å². The molecule has 0 unspecified atom stereocenters. The van der Waals surface area contributed by atoms with Crippen LogP contribution in [-0.2, 0) is 0 Å². The van der Waals surface area contributed by atoms with E-state index in [2.05, 4.69) is 21.5 Å². The number of nitrogens with one attached hydrogen (secondary N) is 2. The number of nitriles is 1. The number of benzene rings is 1. The molecule has 1 aliphatic rings. The summed E-state index contributed by atoms with van der Waals surface area (Å²) in [5.74, 6) is 1.08. The molecule has 0 aliphatic heterocycles. The lowest BCUT2D eigenvalue weighted by molar-refractivity contribution is 0.421. The first-order valence-electron chi connectivity index (χ1n) is 8.04. The Morgan fingerprint density at radius 1 is 1.33 bits per heavy atom. The third-order valence-corrected chi connectivity index (χ3v) is 4.56. The van der Waals surface area contributed by atoms with Crippen molar-refractivity contribution in [2.45, 2.75) is 32.1 Å². The van der Waals surface area contributed by atoms with Gasteiger partial charge >= 0.3 is 0 Å². The van der Waals surface area contributed by atoms with Crippen molar-refractivity contribution in [3.8, 4) is 6.07 Å². The van der Waals surface area contributed by atoms with Crippen molar-refractivity contribution in [1.29, 1.82) is 5.26 Å². The summed E-state index contributed by atoms with van der Waals surface area (Å²) in [7, 11) is 0. The van der Waals surface area contributed by atoms with Gasteiger partial charge in [0.25, 0.3) is 5.56 Å². The summed E-state index contributed by atoms with van der Waals surface area (Å²) in [4.78, 5) is 15.0. The highest BCUT2D eigenvalue weighted by Crippen LogP contribution is 2.38. The Labute approximate surface area is 138 Å². The van der Waals surface area contributed by atoms with E-state index in [0.717, 1.165) is 35.3 Å². The Kier molecular flexibility index (Phi) is 3.35. The fraction of sp³-hybridized carbons (Fsp3) is 0.278. The van der Waals surface area contributed by atoms with E-state index >= 15 is 0 Å². The molecule has 2 aromatic heterocycles. The van der Waals surface area contributed by atoms with Gasteiger partial charge in [0.05, 0.1) is 17.8 Å². The van der Waals surface area contributed by atoms with Crippen LogP contribution >= 0.6 is 0 Å². The van der Waals surface area contributed by atoms with Gasteiger partial charge in [-0.2, -0.15) is 10.4 Å². The molecule has 0 saturated heterocycles. The molecule has 0 atom stereocenters. The van der Waals surface area contributed by atoms with Crippen LogP contribution in [-0.4, -0.2) is 14.6 Å². The molecule has 6 heteroatoms. The number of aromatic amines is 1. The lowest BCUT2D eigenvalue weighted by Crippen LogP contribution is -2.14. The molecule has 1 saturated carbocycles. The Hall–Kier alpha value is -3.07. The van der Waals surface area contributed by atoms with Gasteiger partial charge in [0.15, 0.2) is 0 Å². The molecule has 2 heterocycles. The average molecular weight is 319 g/mol. The highest BCUT2D eigenvalue weighted by atomic mass is 16.1. The number of H-pyrrole nitrogens is 1. The monoisotopic (exact) mass is 319 g/mol. The maximum atomic E-state index is 12.1. The summed E-state index contributed by atoms with van der Waals surface area (Å²) in [5, 5.41) is 16.8. The molecule has 4 rings (SSSR count). The zero-order chi connectivity index (χ0) is 16.7. The third-order valence-electron chi connectivity index (χ3n) is 4.56. The van der Waals surface area contributed by atoms with Gasteiger partial charge in [-0.25, -0.2) is 4.52 Å². The van der Waals surface area contributed by atoms with Crippen molar-refractivity contribution < 1.29 is 0 Å². The number of nitrogens with zero attached hydrogens (tertiary/aromatic N) is 3. The summed E-state index contributed by atoms with van der Waals surface area (Å²) in [5.41, 5.74) is 4.01. The number of fused-ring (bicyclic) bond motifs is 1. The van der Waals surface area contributed by atoms with Crippen molar-refractivity contribution in [3.05, 3.63) is 57.5 Å². The fourth-order valence-electron chi connectivity index (χ4n) is 3.18. The number of aromatic nitrogens is 3. The summed E-state index contributed by atoms with van der Waals surface area (Å²) < 4.78 is 1.73. The van der Waals surface area contributed by atoms with Crippen LogP contribution in [0.15, 0.2) is 35.3 Å². The predicted octanol–water partition coefficient (Wildman–Crippen LogP) is 3.21. The lowest BCUT2D eigenvalue weighted by Gasteiger charge is -2.24. The average Bonchev–Trinajstić information content (AvgIpc) is 2.88. The number of hydrogen-bond donors (Lipinski definition) is 2. The summed E-state index contributed by atoms with van der Waals surface area (Å²) in [6.45, 7) is 1.93. The topological polar surface area (TPSA) is 86.0 Å². The third kappa shape index (κ3) is 2.44. The summed E-state index contributed by atoms with van der Waals surface area (Å²) in [6.07, 6.45) is 5.36. The van der Waals surface area contributed by atoms with Crippen molar-refractivity contribution in [1.82, 2.24) is 14.6 Å². The van der Waals surface area contributed by atoms with E-state index in [0.29, 0.717) is 17.3 Å². The van der Waals surface area contributed by atoms with Crippen molar-refractivity contribution >= 4 is 17.2 Å². The molecule has 0 spiro atoms. The van der Waals surface area contributed by atoms with E-state index in [1.54, 1.807) is 10.6 Å². The minimum absolute atomic E-state index is 0.167. The second-order valence-electron chi connectivity index (χ2n) is 6.33. The largest absolute Gasteiger partial charge is 0.340 e. The van der Waals surface area contributed by atoms with E-state index in [-0.39, 0.29) is 5.56 Å². The highest BCUT2D eigenvalue weighted by molar-refractivity contribution is 5.63. The van der Waals surface area contributed by atoms with E-state index in [1.165, 1.54) is 12.5 Å². The Bertz CT molecular complexity index is 1020. The predicted molar refractivity (Wildman–Crippen MR) is 91.6 cm³/mol. The molecule has 0 bridgehead atoms. The van der Waals surface area contributed by atoms with Crippen molar-refractivity contribution in [2.24, 2.45) is 0 Å². The molecule has 1 fully saturated rings. The van der Waals surface area contributed by atoms with Crippen LogP contribution < -0.4 is 10.9 Å². The second kappa shape index (κ2) is 5.53. The molecule has 120 valence electrons. The first-order valence-corrected chi connectivity index (χ1v) is 8.04. The first kappa shape index (κ1) is 14.5. The van der Waals surface area contributed by atoms with Gasteiger partial charge < -0.3 is 10.3 Å². The molecule has 6 nitrogen and oxygen atoms in total. The normalized spacial score (nSPS) is 14.3. The number of anilines is 2. The van der Waals surface area contributed by atoms with Gasteiger partial charge in [0, 0.05) is 17.3 Å². The Balaban J connectivity index is 1.79.